The van der Waals surface area contributed by atoms with Gasteiger partial charge in [0.2, 0.25) is 11.9 Å². The Labute approximate surface area is 134 Å². The molecule has 1 aliphatic rings. The van der Waals surface area contributed by atoms with Gasteiger partial charge in [0.1, 0.15) is 0 Å². The van der Waals surface area contributed by atoms with Crippen LogP contribution in [-0.2, 0) is 24.1 Å². The first-order valence-corrected chi connectivity index (χ1v) is 8.33. The minimum atomic E-state index is 0.0988. The van der Waals surface area contributed by atoms with Crippen molar-refractivity contribution in [3.63, 3.8) is 0 Å². The fraction of sp³-hybridized carbons (Fsp3) is 0.438. The van der Waals surface area contributed by atoms with E-state index in [4.69, 9.17) is 0 Å². The third kappa shape index (κ3) is 3.44. The molecule has 3 rings (SSSR count). The number of hydrogen-bond donors (Lipinski definition) is 1. The third-order valence-electron chi connectivity index (χ3n) is 3.82. The first kappa shape index (κ1) is 15.0. The molecule has 1 unspecified atom stereocenters. The lowest BCUT2D eigenvalue weighted by atomic mass is 9.93. The monoisotopic (exact) mass is 316 g/mol. The van der Waals surface area contributed by atoms with Crippen LogP contribution in [-0.4, -0.2) is 36.0 Å². The molecule has 1 atom stereocenters. The summed E-state index contributed by atoms with van der Waals surface area (Å²) in [5.74, 6) is 0.848. The lowest BCUT2D eigenvalue weighted by Crippen LogP contribution is -2.39. The Kier molecular flexibility index (Phi) is 4.38. The molecule has 0 spiro atoms. The van der Waals surface area contributed by atoms with E-state index in [1.807, 2.05) is 42.7 Å². The molecule has 22 heavy (non-hydrogen) atoms. The van der Waals surface area contributed by atoms with E-state index < -0.39 is 0 Å². The largest absolute Gasteiger partial charge is 0.353 e. The molecular weight excluding hydrogens is 296 g/mol. The van der Waals surface area contributed by atoms with Crippen LogP contribution in [0, 0.1) is 0 Å². The standard InChI is InChI=1S/C16H20N4OS/c1-20(2)16-17-10-11-8-12(5-6-14(11)19-16)18-15(21)9-13-4-3-7-22-13/h3-4,7,10,12H,5-6,8-9H2,1-2H3,(H,18,21). The van der Waals surface area contributed by atoms with Gasteiger partial charge < -0.3 is 10.2 Å². The van der Waals surface area contributed by atoms with Crippen LogP contribution < -0.4 is 10.2 Å². The number of anilines is 1. The number of aromatic nitrogens is 2. The summed E-state index contributed by atoms with van der Waals surface area (Å²) in [6.07, 6.45) is 5.02. The van der Waals surface area contributed by atoms with Crippen LogP contribution in [0.4, 0.5) is 5.95 Å². The van der Waals surface area contributed by atoms with Crippen LogP contribution in [0.2, 0.25) is 0 Å². The zero-order valence-electron chi connectivity index (χ0n) is 12.9. The summed E-state index contributed by atoms with van der Waals surface area (Å²) in [7, 11) is 3.89. The molecule has 2 heterocycles. The predicted molar refractivity (Wildman–Crippen MR) is 88.3 cm³/mol. The van der Waals surface area contributed by atoms with Crippen LogP contribution in [0.3, 0.4) is 0 Å². The van der Waals surface area contributed by atoms with Crippen molar-refractivity contribution >= 4 is 23.2 Å². The van der Waals surface area contributed by atoms with Gasteiger partial charge in [-0.3, -0.25) is 4.79 Å². The first-order chi connectivity index (χ1) is 10.6. The molecule has 1 amide bonds. The van der Waals surface area contributed by atoms with Crippen LogP contribution in [0.15, 0.2) is 23.7 Å². The predicted octanol–water partition coefficient (Wildman–Crippen LogP) is 1.82. The maximum Gasteiger partial charge on any atom is 0.225 e. The fourth-order valence-corrected chi connectivity index (χ4v) is 3.39. The van der Waals surface area contributed by atoms with Crippen LogP contribution in [0.5, 0.6) is 0 Å². The highest BCUT2D eigenvalue weighted by molar-refractivity contribution is 7.10. The van der Waals surface area contributed by atoms with Gasteiger partial charge in [0, 0.05) is 36.9 Å². The van der Waals surface area contributed by atoms with Crippen molar-refractivity contribution in [2.45, 2.75) is 31.7 Å². The van der Waals surface area contributed by atoms with Crippen molar-refractivity contribution in [1.29, 1.82) is 0 Å². The van der Waals surface area contributed by atoms with Gasteiger partial charge in [-0.2, -0.15) is 0 Å². The number of nitrogens with zero attached hydrogens (tertiary/aromatic N) is 3. The van der Waals surface area contributed by atoms with Crippen molar-refractivity contribution in [2.24, 2.45) is 0 Å². The van der Waals surface area contributed by atoms with Crippen molar-refractivity contribution < 1.29 is 4.79 Å². The van der Waals surface area contributed by atoms with E-state index in [1.54, 1.807) is 11.3 Å². The Hall–Kier alpha value is -1.95. The lowest BCUT2D eigenvalue weighted by Gasteiger charge is -2.25. The van der Waals surface area contributed by atoms with Gasteiger partial charge in [-0.15, -0.1) is 11.3 Å². The Morgan fingerprint density at radius 2 is 2.36 bits per heavy atom. The van der Waals surface area contributed by atoms with Gasteiger partial charge in [-0.05, 0) is 36.3 Å². The smallest absolute Gasteiger partial charge is 0.225 e. The lowest BCUT2D eigenvalue weighted by molar-refractivity contribution is -0.121. The van der Waals surface area contributed by atoms with Crippen molar-refractivity contribution in [2.75, 3.05) is 19.0 Å². The molecule has 0 saturated carbocycles. The number of carbonyl (C=O) groups excluding carboxylic acids is 1. The molecule has 6 heteroatoms. The molecule has 0 radical (unpaired) electrons. The third-order valence-corrected chi connectivity index (χ3v) is 4.69. The van der Waals surface area contributed by atoms with Gasteiger partial charge in [0.05, 0.1) is 6.42 Å². The Morgan fingerprint density at radius 1 is 1.50 bits per heavy atom. The number of hydrogen-bond acceptors (Lipinski definition) is 5. The second kappa shape index (κ2) is 6.44. The molecule has 5 nitrogen and oxygen atoms in total. The molecule has 2 aromatic rings. The number of carbonyl (C=O) groups is 1. The molecule has 0 fully saturated rings. The maximum absolute atomic E-state index is 12.1. The minimum absolute atomic E-state index is 0.0988. The topological polar surface area (TPSA) is 58.1 Å². The summed E-state index contributed by atoms with van der Waals surface area (Å²) in [6, 6.07) is 4.16. The zero-order chi connectivity index (χ0) is 15.5. The van der Waals surface area contributed by atoms with E-state index in [-0.39, 0.29) is 11.9 Å². The number of amides is 1. The van der Waals surface area contributed by atoms with Crippen LogP contribution in [0.1, 0.15) is 22.6 Å². The fourth-order valence-electron chi connectivity index (χ4n) is 2.69. The summed E-state index contributed by atoms with van der Waals surface area (Å²) in [5, 5.41) is 5.14. The number of rotatable bonds is 4. The molecule has 1 aliphatic carbocycles. The Morgan fingerprint density at radius 3 is 3.09 bits per heavy atom. The molecule has 2 aromatic heterocycles. The van der Waals surface area contributed by atoms with Gasteiger partial charge in [-0.25, -0.2) is 9.97 Å². The maximum atomic E-state index is 12.1. The molecule has 0 aliphatic heterocycles. The van der Waals surface area contributed by atoms with Gasteiger partial charge in [0.15, 0.2) is 0 Å². The normalized spacial score (nSPS) is 16.9. The van der Waals surface area contributed by atoms with Crippen molar-refractivity contribution in [3.05, 3.63) is 39.8 Å². The highest BCUT2D eigenvalue weighted by Crippen LogP contribution is 2.21. The van der Waals surface area contributed by atoms with E-state index in [0.29, 0.717) is 6.42 Å². The summed E-state index contributed by atoms with van der Waals surface area (Å²) >= 11 is 1.62. The van der Waals surface area contributed by atoms with E-state index in [2.05, 4.69) is 15.3 Å². The Bertz CT molecular complexity index is 654. The second-order valence-electron chi connectivity index (χ2n) is 5.80. The van der Waals surface area contributed by atoms with E-state index in [0.717, 1.165) is 41.3 Å². The van der Waals surface area contributed by atoms with E-state index >= 15 is 0 Å². The zero-order valence-corrected chi connectivity index (χ0v) is 13.7. The quantitative estimate of drug-likeness (QED) is 0.935. The number of aryl methyl sites for hydroxylation is 1. The Balaban J connectivity index is 1.61. The molecule has 0 bridgehead atoms. The van der Waals surface area contributed by atoms with Gasteiger partial charge in [-0.1, -0.05) is 6.07 Å². The van der Waals surface area contributed by atoms with E-state index in [1.165, 1.54) is 0 Å². The molecule has 1 N–H and O–H groups in total. The average Bonchev–Trinajstić information content (AvgIpc) is 2.99. The van der Waals surface area contributed by atoms with Gasteiger partial charge >= 0.3 is 0 Å². The first-order valence-electron chi connectivity index (χ1n) is 7.45. The number of nitrogens with one attached hydrogen (secondary N) is 1. The molecule has 116 valence electrons. The van der Waals surface area contributed by atoms with Crippen LogP contribution in [0.25, 0.3) is 0 Å². The van der Waals surface area contributed by atoms with Crippen molar-refractivity contribution in [3.8, 4) is 0 Å². The molecule has 0 aromatic carbocycles. The number of thiophene rings is 1. The van der Waals surface area contributed by atoms with Gasteiger partial charge in [0.25, 0.3) is 0 Å². The SMILES string of the molecule is CN(C)c1ncc2c(n1)CCC(NC(=O)Cc1cccs1)C2. The highest BCUT2D eigenvalue weighted by Gasteiger charge is 2.22. The number of fused-ring (bicyclic) bond motifs is 1. The molecule has 0 saturated heterocycles. The summed E-state index contributed by atoms with van der Waals surface area (Å²) < 4.78 is 0. The minimum Gasteiger partial charge on any atom is -0.353 e. The van der Waals surface area contributed by atoms with Crippen LogP contribution >= 0.6 is 11.3 Å². The summed E-state index contributed by atoms with van der Waals surface area (Å²) in [4.78, 5) is 24.1. The molecular formula is C16H20N4OS. The summed E-state index contributed by atoms with van der Waals surface area (Å²) in [6.45, 7) is 0. The average molecular weight is 316 g/mol. The summed E-state index contributed by atoms with van der Waals surface area (Å²) in [5.41, 5.74) is 2.26. The second-order valence-corrected chi connectivity index (χ2v) is 6.83. The van der Waals surface area contributed by atoms with E-state index in [9.17, 15) is 4.79 Å². The highest BCUT2D eigenvalue weighted by atomic mass is 32.1. The van der Waals surface area contributed by atoms with Crippen molar-refractivity contribution in [1.82, 2.24) is 15.3 Å².